The van der Waals surface area contributed by atoms with Gasteiger partial charge in [-0.15, -0.1) is 11.3 Å². The lowest BCUT2D eigenvalue weighted by atomic mass is 9.73. The smallest absolute Gasteiger partial charge is 0.309 e. The summed E-state index contributed by atoms with van der Waals surface area (Å²) in [6.07, 6.45) is 2.35. The van der Waals surface area contributed by atoms with Gasteiger partial charge in [0.2, 0.25) is 0 Å². The Morgan fingerprint density at radius 3 is 2.57 bits per heavy atom. The number of Topliss-reactive ketones (excluding diaryl/α,β-unsaturated/α-hetero) is 1. The normalized spacial score (nSPS) is 31.1. The Labute approximate surface area is 212 Å². The molecule has 5 atom stereocenters. The summed E-state index contributed by atoms with van der Waals surface area (Å²) in [6, 6.07) is 5.93. The summed E-state index contributed by atoms with van der Waals surface area (Å²) in [5.41, 5.74) is 1.73. The predicted octanol–water partition coefficient (Wildman–Crippen LogP) is 5.69. The number of esters is 1. The van der Waals surface area contributed by atoms with Gasteiger partial charge in [-0.3, -0.25) is 9.59 Å². The van der Waals surface area contributed by atoms with Crippen LogP contribution in [0.25, 0.3) is 10.2 Å². The van der Waals surface area contributed by atoms with Crippen LogP contribution in [0.3, 0.4) is 0 Å². The van der Waals surface area contributed by atoms with E-state index in [1.165, 1.54) is 5.57 Å². The molecule has 0 saturated carbocycles. The molecule has 192 valence electrons. The topological polar surface area (TPSA) is 96.7 Å². The number of hydrogen-bond donors (Lipinski definition) is 2. The second-order valence-electron chi connectivity index (χ2n) is 10.7. The minimum atomic E-state index is -1.22. The summed E-state index contributed by atoms with van der Waals surface area (Å²) in [4.78, 5) is 30.7. The van der Waals surface area contributed by atoms with Crippen molar-refractivity contribution in [3.05, 3.63) is 40.4 Å². The van der Waals surface area contributed by atoms with Gasteiger partial charge in [-0.25, -0.2) is 4.98 Å². The molecule has 0 amide bonds. The molecule has 6 nitrogen and oxygen atoms in total. The number of rotatable bonds is 1. The third kappa shape index (κ3) is 6.57. The van der Waals surface area contributed by atoms with Crippen LogP contribution in [0, 0.1) is 24.2 Å². The van der Waals surface area contributed by atoms with Gasteiger partial charge in [0.25, 0.3) is 0 Å². The zero-order chi connectivity index (χ0) is 25.9. The van der Waals surface area contributed by atoms with E-state index in [4.69, 9.17) is 4.74 Å². The highest BCUT2D eigenvalue weighted by Crippen LogP contribution is 2.34. The molecule has 35 heavy (non-hydrogen) atoms. The molecule has 0 spiro atoms. The Morgan fingerprint density at radius 1 is 1.14 bits per heavy atom. The zero-order valence-electron chi connectivity index (χ0n) is 21.7. The Hall–Kier alpha value is -2.09. The van der Waals surface area contributed by atoms with E-state index >= 15 is 0 Å². The fourth-order valence-corrected chi connectivity index (χ4v) is 5.62. The summed E-state index contributed by atoms with van der Waals surface area (Å²) >= 11 is 1.62. The number of aromatic nitrogens is 1. The molecule has 1 aromatic carbocycles. The van der Waals surface area contributed by atoms with E-state index in [0.29, 0.717) is 6.42 Å². The number of hydrogen-bond acceptors (Lipinski definition) is 7. The molecular weight excluding hydrogens is 462 g/mol. The molecule has 0 fully saturated rings. The third-order valence-electron chi connectivity index (χ3n) is 7.41. The SMILES string of the molecule is C/C1=C/C[C@@H](c2ccc3sc(C)nc3c2)OC(=O)C[C@H](O)C(C)(C)C(=O)[C@H](C)[C@@H](O)[C@@H](C)CCC1. The van der Waals surface area contributed by atoms with Crippen molar-refractivity contribution >= 4 is 33.3 Å². The minimum absolute atomic E-state index is 0.0476. The van der Waals surface area contributed by atoms with E-state index in [1.54, 1.807) is 32.1 Å². The Morgan fingerprint density at radius 2 is 1.86 bits per heavy atom. The summed E-state index contributed by atoms with van der Waals surface area (Å²) in [5.74, 6) is -1.50. The van der Waals surface area contributed by atoms with Crippen LogP contribution >= 0.6 is 11.3 Å². The molecule has 0 radical (unpaired) electrons. The summed E-state index contributed by atoms with van der Waals surface area (Å²) in [5, 5.41) is 22.6. The number of carbonyl (C=O) groups is 2. The average Bonchev–Trinajstić information content (AvgIpc) is 3.18. The minimum Gasteiger partial charge on any atom is -0.457 e. The van der Waals surface area contributed by atoms with Crippen LogP contribution in [-0.2, 0) is 14.3 Å². The number of aliphatic hydroxyl groups is 2. The van der Waals surface area contributed by atoms with Gasteiger partial charge >= 0.3 is 5.97 Å². The van der Waals surface area contributed by atoms with E-state index in [1.807, 2.05) is 32.0 Å². The number of benzene rings is 1. The highest BCUT2D eigenvalue weighted by molar-refractivity contribution is 7.18. The fraction of sp³-hybridized carbons (Fsp3) is 0.607. The number of aliphatic hydroxyl groups excluding tert-OH is 2. The Bertz CT molecular complexity index is 1090. The summed E-state index contributed by atoms with van der Waals surface area (Å²) in [7, 11) is 0. The number of ether oxygens (including phenoxy) is 1. The van der Waals surface area contributed by atoms with E-state index in [-0.39, 0.29) is 18.1 Å². The first-order valence-electron chi connectivity index (χ1n) is 12.5. The molecule has 0 aliphatic carbocycles. The number of nitrogens with zero attached hydrogens (tertiary/aromatic N) is 1. The molecule has 0 bridgehead atoms. The largest absolute Gasteiger partial charge is 0.457 e. The number of carbonyl (C=O) groups excluding carboxylic acids is 2. The molecule has 0 unspecified atom stereocenters. The van der Waals surface area contributed by atoms with Gasteiger partial charge in [-0.1, -0.05) is 45.4 Å². The Balaban J connectivity index is 1.91. The van der Waals surface area contributed by atoms with Crippen molar-refractivity contribution in [3.8, 4) is 0 Å². The highest BCUT2D eigenvalue weighted by atomic mass is 32.1. The van der Waals surface area contributed by atoms with Crippen molar-refractivity contribution in [1.29, 1.82) is 0 Å². The number of ketones is 1. The quantitative estimate of drug-likeness (QED) is 0.385. The maximum Gasteiger partial charge on any atom is 0.309 e. The van der Waals surface area contributed by atoms with E-state index < -0.39 is 35.6 Å². The Kier molecular flexibility index (Phi) is 8.89. The number of allylic oxidation sites excluding steroid dienone is 1. The van der Waals surface area contributed by atoms with Gasteiger partial charge in [-0.05, 0) is 56.7 Å². The fourth-order valence-electron chi connectivity index (χ4n) is 4.81. The van der Waals surface area contributed by atoms with Crippen molar-refractivity contribution in [3.63, 3.8) is 0 Å². The standard InChI is InChI=1S/C28H39NO5S/c1-16-8-7-9-17(2)26(32)18(3)27(33)28(5,6)24(30)15-25(31)34-22(12-10-16)20-11-13-23-21(14-20)29-19(4)35-23/h10-11,13-14,17-18,22,24,26,30,32H,7-9,12,15H2,1-6H3/b16-10-/t17-,18+,22-,24-,26-/m0/s1. The molecule has 7 heteroatoms. The first kappa shape index (κ1) is 27.5. The molecule has 0 saturated heterocycles. The van der Waals surface area contributed by atoms with Gasteiger partial charge < -0.3 is 14.9 Å². The molecule has 1 aromatic heterocycles. The van der Waals surface area contributed by atoms with Gasteiger partial charge in [-0.2, -0.15) is 0 Å². The van der Waals surface area contributed by atoms with E-state index in [0.717, 1.165) is 40.1 Å². The molecule has 1 aliphatic heterocycles. The number of fused-ring (bicyclic) bond motifs is 1. The predicted molar refractivity (Wildman–Crippen MR) is 139 cm³/mol. The van der Waals surface area contributed by atoms with E-state index in [2.05, 4.69) is 18.0 Å². The van der Waals surface area contributed by atoms with Crippen LogP contribution in [0.1, 0.15) is 83.4 Å². The maximum absolute atomic E-state index is 13.2. The van der Waals surface area contributed by atoms with Crippen molar-refractivity contribution in [2.75, 3.05) is 0 Å². The number of aryl methyl sites for hydroxylation is 1. The van der Waals surface area contributed by atoms with Gasteiger partial charge in [0.15, 0.2) is 0 Å². The molecule has 2 aromatic rings. The lowest BCUT2D eigenvalue weighted by Crippen LogP contribution is -2.45. The van der Waals surface area contributed by atoms with Gasteiger partial charge in [0.05, 0.1) is 39.3 Å². The van der Waals surface area contributed by atoms with Crippen molar-refractivity contribution in [1.82, 2.24) is 4.98 Å². The molecule has 2 heterocycles. The lowest BCUT2D eigenvalue weighted by Gasteiger charge is -2.34. The van der Waals surface area contributed by atoms with Crippen molar-refractivity contribution in [2.24, 2.45) is 17.3 Å². The molecule has 2 N–H and O–H groups in total. The highest BCUT2D eigenvalue weighted by Gasteiger charge is 2.42. The van der Waals surface area contributed by atoms with Gasteiger partial charge in [0.1, 0.15) is 11.9 Å². The molecular formula is C28H39NO5S. The number of cyclic esters (lactones) is 1. The first-order chi connectivity index (χ1) is 16.4. The van der Waals surface area contributed by atoms with Crippen LogP contribution in [0.4, 0.5) is 0 Å². The second-order valence-corrected chi connectivity index (χ2v) is 11.9. The third-order valence-corrected chi connectivity index (χ3v) is 8.36. The van der Waals surface area contributed by atoms with Crippen LogP contribution in [-0.4, -0.2) is 39.2 Å². The monoisotopic (exact) mass is 501 g/mol. The van der Waals surface area contributed by atoms with Gasteiger partial charge in [0, 0.05) is 12.3 Å². The molecule has 1 aliphatic rings. The zero-order valence-corrected chi connectivity index (χ0v) is 22.5. The summed E-state index contributed by atoms with van der Waals surface area (Å²) < 4.78 is 6.96. The lowest BCUT2D eigenvalue weighted by molar-refractivity contribution is -0.155. The van der Waals surface area contributed by atoms with Crippen molar-refractivity contribution in [2.45, 2.75) is 92.0 Å². The maximum atomic E-state index is 13.2. The second kappa shape index (κ2) is 11.3. The van der Waals surface area contributed by atoms with Crippen molar-refractivity contribution < 1.29 is 24.5 Å². The van der Waals surface area contributed by atoms with Crippen LogP contribution in [0.5, 0.6) is 0 Å². The first-order valence-corrected chi connectivity index (χ1v) is 13.3. The molecule has 3 rings (SSSR count). The van der Waals surface area contributed by atoms with Crippen LogP contribution in [0.2, 0.25) is 0 Å². The van der Waals surface area contributed by atoms with E-state index in [9.17, 15) is 19.8 Å². The average molecular weight is 502 g/mol. The summed E-state index contributed by atoms with van der Waals surface area (Å²) in [6.45, 7) is 11.0. The van der Waals surface area contributed by atoms with Crippen LogP contribution in [0.15, 0.2) is 29.8 Å². The number of thiazole rings is 1. The van der Waals surface area contributed by atoms with Crippen LogP contribution < -0.4 is 0 Å².